The maximum Gasteiger partial charge on any atom is 0.314 e. The van der Waals surface area contributed by atoms with Crippen molar-refractivity contribution in [2.24, 2.45) is 0 Å². The first-order valence-electron chi connectivity index (χ1n) is 5.56. The monoisotopic (exact) mass is 222 g/mol. The van der Waals surface area contributed by atoms with Gasteiger partial charge in [0, 0.05) is 0 Å². The molecule has 0 atom stereocenters. The van der Waals surface area contributed by atoms with E-state index in [-0.39, 0.29) is 5.82 Å². The average molecular weight is 222 g/mol. The van der Waals surface area contributed by atoms with Gasteiger partial charge in [-0.1, -0.05) is 25.0 Å². The van der Waals surface area contributed by atoms with E-state index in [0.717, 1.165) is 18.4 Å². The van der Waals surface area contributed by atoms with Crippen molar-refractivity contribution in [1.29, 1.82) is 0 Å². The van der Waals surface area contributed by atoms with E-state index in [9.17, 15) is 14.3 Å². The van der Waals surface area contributed by atoms with E-state index in [1.807, 2.05) is 0 Å². The van der Waals surface area contributed by atoms with E-state index >= 15 is 0 Å². The van der Waals surface area contributed by atoms with Gasteiger partial charge in [-0.25, -0.2) is 4.39 Å². The normalized spacial score (nSPS) is 18.6. The van der Waals surface area contributed by atoms with Gasteiger partial charge in [-0.3, -0.25) is 4.79 Å². The Bertz CT molecular complexity index is 420. The second-order valence-electron chi connectivity index (χ2n) is 4.56. The highest BCUT2D eigenvalue weighted by Crippen LogP contribution is 2.41. The first-order chi connectivity index (χ1) is 7.56. The summed E-state index contributed by atoms with van der Waals surface area (Å²) >= 11 is 0. The van der Waals surface area contributed by atoms with Crippen molar-refractivity contribution in [1.82, 2.24) is 0 Å². The molecule has 0 bridgehead atoms. The van der Waals surface area contributed by atoms with Crippen LogP contribution in [-0.4, -0.2) is 11.1 Å². The van der Waals surface area contributed by atoms with Gasteiger partial charge in [0.1, 0.15) is 5.82 Å². The number of benzene rings is 1. The highest BCUT2D eigenvalue weighted by atomic mass is 19.1. The molecule has 0 radical (unpaired) electrons. The summed E-state index contributed by atoms with van der Waals surface area (Å²) < 4.78 is 13.2. The summed E-state index contributed by atoms with van der Waals surface area (Å²) in [4.78, 5) is 11.4. The Hall–Kier alpha value is -1.38. The summed E-state index contributed by atoms with van der Waals surface area (Å²) in [5, 5.41) is 9.38. The lowest BCUT2D eigenvalue weighted by atomic mass is 9.78. The zero-order chi connectivity index (χ0) is 11.8. The van der Waals surface area contributed by atoms with Crippen molar-refractivity contribution in [2.45, 2.75) is 38.0 Å². The zero-order valence-corrected chi connectivity index (χ0v) is 9.29. The highest BCUT2D eigenvalue weighted by molar-refractivity contribution is 5.81. The first kappa shape index (κ1) is 11.1. The molecule has 2 rings (SSSR count). The molecular formula is C13H15FO2. The topological polar surface area (TPSA) is 37.3 Å². The molecule has 0 aliphatic heterocycles. The van der Waals surface area contributed by atoms with Gasteiger partial charge in [0.15, 0.2) is 0 Å². The average Bonchev–Trinajstić information content (AvgIpc) is 2.72. The lowest BCUT2D eigenvalue weighted by Crippen LogP contribution is -2.32. The lowest BCUT2D eigenvalue weighted by Gasteiger charge is -2.24. The molecule has 0 amide bonds. The molecular weight excluding hydrogens is 207 g/mol. The summed E-state index contributed by atoms with van der Waals surface area (Å²) in [5.41, 5.74) is 0.486. The predicted octanol–water partition coefficient (Wildman–Crippen LogP) is 3.03. The molecule has 1 aromatic carbocycles. The number of hydrogen-bond acceptors (Lipinski definition) is 1. The number of aliphatic carboxylic acids is 1. The minimum atomic E-state index is -0.781. The lowest BCUT2D eigenvalue weighted by molar-refractivity contribution is -0.143. The van der Waals surface area contributed by atoms with Crippen molar-refractivity contribution in [3.63, 3.8) is 0 Å². The molecule has 1 aliphatic carbocycles. The van der Waals surface area contributed by atoms with Crippen molar-refractivity contribution in [2.75, 3.05) is 0 Å². The van der Waals surface area contributed by atoms with Crippen LogP contribution in [0.1, 0.15) is 36.8 Å². The van der Waals surface area contributed by atoms with Crippen LogP contribution in [0, 0.1) is 12.7 Å². The third kappa shape index (κ3) is 1.60. The van der Waals surface area contributed by atoms with E-state index in [4.69, 9.17) is 0 Å². The van der Waals surface area contributed by atoms with E-state index in [0.29, 0.717) is 18.4 Å². The summed E-state index contributed by atoms with van der Waals surface area (Å²) in [6.45, 7) is 1.67. The number of rotatable bonds is 2. The van der Waals surface area contributed by atoms with Crippen LogP contribution in [0.25, 0.3) is 0 Å². The van der Waals surface area contributed by atoms with Gasteiger partial charge in [-0.15, -0.1) is 0 Å². The number of carbonyl (C=O) groups is 1. The number of carboxylic acids is 1. The molecule has 86 valence electrons. The second-order valence-corrected chi connectivity index (χ2v) is 4.56. The van der Waals surface area contributed by atoms with Crippen LogP contribution in [0.15, 0.2) is 18.2 Å². The highest BCUT2D eigenvalue weighted by Gasteiger charge is 2.42. The van der Waals surface area contributed by atoms with Crippen LogP contribution < -0.4 is 0 Å². The Labute approximate surface area is 94.1 Å². The molecule has 1 N–H and O–H groups in total. The Kier molecular flexibility index (Phi) is 2.70. The predicted molar refractivity (Wildman–Crippen MR) is 58.9 cm³/mol. The molecule has 0 spiro atoms. The first-order valence-corrected chi connectivity index (χ1v) is 5.56. The Morgan fingerprint density at radius 1 is 1.38 bits per heavy atom. The molecule has 0 heterocycles. The van der Waals surface area contributed by atoms with E-state index < -0.39 is 11.4 Å². The van der Waals surface area contributed by atoms with Gasteiger partial charge >= 0.3 is 5.97 Å². The smallest absolute Gasteiger partial charge is 0.314 e. The largest absolute Gasteiger partial charge is 0.481 e. The van der Waals surface area contributed by atoms with Crippen LogP contribution in [0.4, 0.5) is 4.39 Å². The zero-order valence-electron chi connectivity index (χ0n) is 9.29. The van der Waals surface area contributed by atoms with Gasteiger partial charge in [0.05, 0.1) is 5.41 Å². The molecule has 0 aromatic heterocycles. The summed E-state index contributed by atoms with van der Waals surface area (Å²) in [6, 6.07) is 4.66. The Balaban J connectivity index is 2.47. The number of halogens is 1. The van der Waals surface area contributed by atoms with Crippen LogP contribution in [0.2, 0.25) is 0 Å². The van der Waals surface area contributed by atoms with Gasteiger partial charge in [0.25, 0.3) is 0 Å². The maximum absolute atomic E-state index is 13.2. The van der Waals surface area contributed by atoms with Gasteiger partial charge < -0.3 is 5.11 Å². The minimum absolute atomic E-state index is 0.276. The van der Waals surface area contributed by atoms with Crippen molar-refractivity contribution in [3.8, 4) is 0 Å². The third-order valence-corrected chi connectivity index (χ3v) is 3.58. The number of aryl methyl sites for hydroxylation is 1. The molecule has 2 nitrogen and oxygen atoms in total. The fourth-order valence-corrected chi connectivity index (χ4v) is 2.55. The fourth-order valence-electron chi connectivity index (χ4n) is 2.55. The van der Waals surface area contributed by atoms with Crippen molar-refractivity contribution in [3.05, 3.63) is 35.1 Å². The molecule has 1 fully saturated rings. The molecule has 1 saturated carbocycles. The van der Waals surface area contributed by atoms with Crippen molar-refractivity contribution >= 4 is 5.97 Å². The van der Waals surface area contributed by atoms with Crippen LogP contribution >= 0.6 is 0 Å². The van der Waals surface area contributed by atoms with E-state index in [2.05, 4.69) is 0 Å². The fraction of sp³-hybridized carbons (Fsp3) is 0.462. The van der Waals surface area contributed by atoms with Gasteiger partial charge in [-0.05, 0) is 37.0 Å². The summed E-state index contributed by atoms with van der Waals surface area (Å²) in [5.74, 6) is -1.06. The molecule has 0 saturated heterocycles. The van der Waals surface area contributed by atoms with Gasteiger partial charge in [0.2, 0.25) is 0 Å². The second kappa shape index (κ2) is 3.89. The van der Waals surface area contributed by atoms with Crippen molar-refractivity contribution < 1.29 is 14.3 Å². The SMILES string of the molecule is Cc1cc(C2(C(=O)O)CCCC2)ccc1F. The van der Waals surface area contributed by atoms with E-state index in [1.54, 1.807) is 19.1 Å². The molecule has 3 heteroatoms. The number of carboxylic acid groups (broad SMARTS) is 1. The third-order valence-electron chi connectivity index (χ3n) is 3.58. The molecule has 16 heavy (non-hydrogen) atoms. The van der Waals surface area contributed by atoms with Gasteiger partial charge in [-0.2, -0.15) is 0 Å². The Morgan fingerprint density at radius 3 is 2.50 bits per heavy atom. The summed E-state index contributed by atoms with van der Waals surface area (Å²) in [7, 11) is 0. The van der Waals surface area contributed by atoms with Crippen LogP contribution in [-0.2, 0) is 10.2 Å². The van der Waals surface area contributed by atoms with Crippen LogP contribution in [0.5, 0.6) is 0 Å². The quantitative estimate of drug-likeness (QED) is 0.835. The van der Waals surface area contributed by atoms with Crippen LogP contribution in [0.3, 0.4) is 0 Å². The molecule has 1 aliphatic rings. The molecule has 0 unspecified atom stereocenters. The summed E-state index contributed by atoms with van der Waals surface area (Å²) in [6.07, 6.45) is 3.19. The maximum atomic E-state index is 13.2. The number of hydrogen-bond donors (Lipinski definition) is 1. The minimum Gasteiger partial charge on any atom is -0.481 e. The molecule has 1 aromatic rings. The standard InChI is InChI=1S/C13H15FO2/c1-9-8-10(4-5-11(9)14)13(12(15)16)6-2-3-7-13/h4-5,8H,2-3,6-7H2,1H3,(H,15,16). The van der Waals surface area contributed by atoms with E-state index in [1.165, 1.54) is 6.07 Å². The Morgan fingerprint density at radius 2 is 2.00 bits per heavy atom.